The van der Waals surface area contributed by atoms with E-state index in [9.17, 15) is 0 Å². The summed E-state index contributed by atoms with van der Waals surface area (Å²) in [5, 5.41) is 9.67. The van der Waals surface area contributed by atoms with Crippen LogP contribution < -0.4 is 0 Å². The van der Waals surface area contributed by atoms with Crippen LogP contribution in [0.1, 0.15) is 0 Å². The van der Waals surface area contributed by atoms with Crippen LogP contribution in [-0.4, -0.2) is 19.1 Å². The molecule has 0 bridgehead atoms. The fourth-order valence-electron chi connectivity index (χ4n) is 9.02. The monoisotopic (exact) mass is 712 g/mol. The van der Waals surface area contributed by atoms with Crippen molar-refractivity contribution in [3.8, 4) is 33.9 Å². The molecule has 260 valence electrons. The van der Waals surface area contributed by atoms with Crippen molar-refractivity contribution in [1.82, 2.24) is 19.1 Å². The summed E-state index contributed by atoms with van der Waals surface area (Å²) < 4.78 is 4.92. The van der Waals surface area contributed by atoms with Crippen LogP contribution in [0.3, 0.4) is 0 Å². The van der Waals surface area contributed by atoms with Gasteiger partial charge >= 0.3 is 0 Å². The molecule has 3 heterocycles. The zero-order valence-corrected chi connectivity index (χ0v) is 30.3. The molecule has 0 radical (unpaired) electrons. The standard InChI is InChI=1S/C52H32N4/c1-3-16-34(17-4-1)50-51(54-45-26-11-10-25-44(45)53-50)40-24-13-23-38-37(40)22-14-28-47(38)56-49-32-48-42(31-43(49)41-30-29-33-15-7-8-20-36(33)52(41)56)39-21-9-12-27-46(39)55(48)35-18-5-2-6-19-35/h1-32H. The number of hydrogen-bond donors (Lipinski definition) is 0. The van der Waals surface area contributed by atoms with Gasteiger partial charge in [-0.1, -0.05) is 146 Å². The number of hydrogen-bond acceptors (Lipinski definition) is 2. The molecule has 0 saturated carbocycles. The van der Waals surface area contributed by atoms with Gasteiger partial charge in [0.15, 0.2) is 0 Å². The SMILES string of the molecule is c1ccc(-c2nc3ccccc3nc2-c2cccc3c(-n4c5cc6c(cc5c5ccc7ccccc7c54)c4ccccc4n6-c4ccccc4)cccc23)cc1. The van der Waals surface area contributed by atoms with Gasteiger partial charge in [-0.05, 0) is 59.3 Å². The Kier molecular flexibility index (Phi) is 6.60. The van der Waals surface area contributed by atoms with Crippen LogP contribution in [0.15, 0.2) is 194 Å². The first-order valence-corrected chi connectivity index (χ1v) is 19.1. The lowest BCUT2D eigenvalue weighted by Crippen LogP contribution is -1.99. The van der Waals surface area contributed by atoms with Gasteiger partial charge in [-0.15, -0.1) is 0 Å². The van der Waals surface area contributed by atoms with E-state index in [-0.39, 0.29) is 0 Å². The second kappa shape index (κ2) is 12.0. The van der Waals surface area contributed by atoms with Gasteiger partial charge in [-0.25, -0.2) is 9.97 Å². The molecule has 0 N–H and O–H groups in total. The van der Waals surface area contributed by atoms with Crippen LogP contribution in [0.4, 0.5) is 0 Å². The van der Waals surface area contributed by atoms with E-state index >= 15 is 0 Å². The molecule has 0 aliphatic rings. The summed E-state index contributed by atoms with van der Waals surface area (Å²) in [4.78, 5) is 10.6. The molecule has 9 aromatic carbocycles. The molecule has 0 amide bonds. The van der Waals surface area contributed by atoms with Crippen molar-refractivity contribution in [2.75, 3.05) is 0 Å². The number of rotatable bonds is 4. The van der Waals surface area contributed by atoms with Crippen molar-refractivity contribution in [2.45, 2.75) is 0 Å². The summed E-state index contributed by atoms with van der Waals surface area (Å²) >= 11 is 0. The summed E-state index contributed by atoms with van der Waals surface area (Å²) in [5.41, 5.74) is 12.6. The molecule has 0 atom stereocenters. The normalized spacial score (nSPS) is 11.9. The van der Waals surface area contributed by atoms with Gasteiger partial charge in [0, 0.05) is 49.1 Å². The van der Waals surface area contributed by atoms with Crippen LogP contribution in [-0.2, 0) is 0 Å². The molecule has 12 aromatic rings. The summed E-state index contributed by atoms with van der Waals surface area (Å²) in [5.74, 6) is 0. The predicted molar refractivity (Wildman–Crippen MR) is 234 cm³/mol. The molecular formula is C52H32N4. The highest BCUT2D eigenvalue weighted by atomic mass is 15.0. The topological polar surface area (TPSA) is 35.6 Å². The second-order valence-corrected chi connectivity index (χ2v) is 14.5. The number of nitrogens with zero attached hydrogens (tertiary/aromatic N) is 4. The van der Waals surface area contributed by atoms with E-state index in [1.165, 1.54) is 48.9 Å². The lowest BCUT2D eigenvalue weighted by atomic mass is 9.97. The number of fused-ring (bicyclic) bond motifs is 10. The quantitative estimate of drug-likeness (QED) is 0.182. The minimum atomic E-state index is 0.874. The Balaban J connectivity index is 1.21. The Labute approximate surface area is 322 Å². The van der Waals surface area contributed by atoms with Gasteiger partial charge in [-0.3, -0.25) is 0 Å². The maximum absolute atomic E-state index is 5.33. The third-order valence-electron chi connectivity index (χ3n) is 11.5. The average molecular weight is 713 g/mol. The Morgan fingerprint density at radius 2 is 0.964 bits per heavy atom. The van der Waals surface area contributed by atoms with E-state index in [4.69, 9.17) is 9.97 Å². The highest BCUT2D eigenvalue weighted by Gasteiger charge is 2.22. The van der Waals surface area contributed by atoms with Gasteiger partial charge in [0.2, 0.25) is 0 Å². The van der Waals surface area contributed by atoms with E-state index < -0.39 is 0 Å². The number of aromatic nitrogens is 4. The van der Waals surface area contributed by atoms with Gasteiger partial charge < -0.3 is 9.13 Å². The van der Waals surface area contributed by atoms with Crippen molar-refractivity contribution in [3.05, 3.63) is 194 Å². The number of para-hydroxylation sites is 4. The first kappa shape index (κ1) is 30.9. The van der Waals surface area contributed by atoms with Gasteiger partial charge in [0.05, 0.1) is 50.2 Å². The predicted octanol–water partition coefficient (Wildman–Crippen LogP) is 13.5. The molecule has 0 aliphatic carbocycles. The number of benzene rings is 9. The minimum Gasteiger partial charge on any atom is -0.309 e. The molecule has 12 rings (SSSR count). The minimum absolute atomic E-state index is 0.874. The molecule has 0 fully saturated rings. The Bertz CT molecular complexity index is 3520. The summed E-state index contributed by atoms with van der Waals surface area (Å²) in [6, 6.07) is 69.6. The van der Waals surface area contributed by atoms with E-state index in [0.717, 1.165) is 61.2 Å². The maximum Gasteiger partial charge on any atom is 0.0979 e. The molecule has 0 spiro atoms. The van der Waals surface area contributed by atoms with Gasteiger partial charge in [0.25, 0.3) is 0 Å². The molecule has 3 aromatic heterocycles. The molecular weight excluding hydrogens is 681 g/mol. The fourth-order valence-corrected chi connectivity index (χ4v) is 9.02. The largest absolute Gasteiger partial charge is 0.309 e. The highest BCUT2D eigenvalue weighted by Crippen LogP contribution is 2.44. The Morgan fingerprint density at radius 1 is 0.339 bits per heavy atom. The lowest BCUT2D eigenvalue weighted by Gasteiger charge is -2.16. The molecule has 0 unspecified atom stereocenters. The Morgan fingerprint density at radius 3 is 1.80 bits per heavy atom. The summed E-state index contributed by atoms with van der Waals surface area (Å²) in [6.45, 7) is 0. The Hall–Kier alpha value is -7.56. The molecule has 0 aliphatic heterocycles. The van der Waals surface area contributed by atoms with Crippen LogP contribution in [0.25, 0.3) is 110 Å². The van der Waals surface area contributed by atoms with Gasteiger partial charge in [-0.2, -0.15) is 0 Å². The molecule has 4 nitrogen and oxygen atoms in total. The lowest BCUT2D eigenvalue weighted by molar-refractivity contribution is 1.17. The summed E-state index contributed by atoms with van der Waals surface area (Å²) in [7, 11) is 0. The maximum atomic E-state index is 5.33. The van der Waals surface area contributed by atoms with Gasteiger partial charge in [0.1, 0.15) is 0 Å². The van der Waals surface area contributed by atoms with E-state index in [2.05, 4.69) is 179 Å². The zero-order valence-electron chi connectivity index (χ0n) is 30.3. The van der Waals surface area contributed by atoms with E-state index in [0.29, 0.717) is 0 Å². The van der Waals surface area contributed by atoms with Crippen LogP contribution >= 0.6 is 0 Å². The van der Waals surface area contributed by atoms with Crippen molar-refractivity contribution in [2.24, 2.45) is 0 Å². The first-order valence-electron chi connectivity index (χ1n) is 19.1. The molecule has 56 heavy (non-hydrogen) atoms. The van der Waals surface area contributed by atoms with Crippen LogP contribution in [0.2, 0.25) is 0 Å². The average Bonchev–Trinajstić information content (AvgIpc) is 3.77. The smallest absolute Gasteiger partial charge is 0.0979 e. The molecule has 4 heteroatoms. The van der Waals surface area contributed by atoms with E-state index in [1.54, 1.807) is 0 Å². The molecule has 0 saturated heterocycles. The zero-order chi connectivity index (χ0) is 36.7. The highest BCUT2D eigenvalue weighted by molar-refractivity contribution is 6.24. The third-order valence-corrected chi connectivity index (χ3v) is 11.5. The van der Waals surface area contributed by atoms with Crippen LogP contribution in [0, 0.1) is 0 Å². The van der Waals surface area contributed by atoms with E-state index in [1.807, 2.05) is 24.3 Å². The third kappa shape index (κ3) is 4.47. The fraction of sp³-hybridized carbons (Fsp3) is 0. The first-order chi connectivity index (χ1) is 27.8. The van der Waals surface area contributed by atoms with Crippen molar-refractivity contribution >= 4 is 76.2 Å². The van der Waals surface area contributed by atoms with Crippen molar-refractivity contribution in [1.29, 1.82) is 0 Å². The summed E-state index contributed by atoms with van der Waals surface area (Å²) in [6.07, 6.45) is 0. The second-order valence-electron chi connectivity index (χ2n) is 14.5. The van der Waals surface area contributed by atoms with Crippen molar-refractivity contribution in [3.63, 3.8) is 0 Å². The van der Waals surface area contributed by atoms with Crippen LogP contribution in [0.5, 0.6) is 0 Å². The van der Waals surface area contributed by atoms with Crippen molar-refractivity contribution < 1.29 is 0 Å².